The van der Waals surface area contributed by atoms with Gasteiger partial charge in [0.2, 0.25) is 5.91 Å². The minimum absolute atomic E-state index is 0.427. The van der Waals surface area contributed by atoms with Crippen molar-refractivity contribution < 1.29 is 9.59 Å². The molecule has 8 heteroatoms. The van der Waals surface area contributed by atoms with Crippen molar-refractivity contribution in [3.8, 4) is 0 Å². The lowest BCUT2D eigenvalue weighted by atomic mass is 10.4. The molecule has 1 aliphatic rings. The van der Waals surface area contributed by atoms with Crippen LogP contribution in [0.4, 0.5) is 4.79 Å². The van der Waals surface area contributed by atoms with Gasteiger partial charge in [-0.15, -0.1) is 10.2 Å². The van der Waals surface area contributed by atoms with Gasteiger partial charge in [-0.2, -0.15) is 0 Å². The van der Waals surface area contributed by atoms with Crippen LogP contribution in [0.1, 0.15) is 31.5 Å². The molecule has 18 heavy (non-hydrogen) atoms. The average molecular weight is 269 g/mol. The number of hydrogen-bond donors (Lipinski definition) is 2. The maximum atomic E-state index is 11.5. The topological polar surface area (TPSA) is 103 Å². The molecule has 98 valence electrons. The number of urea groups is 1. The number of imide groups is 1. The molecule has 0 bridgehead atoms. The number of rotatable bonds is 4. The van der Waals surface area contributed by atoms with Crippen LogP contribution in [0.15, 0.2) is 5.16 Å². The van der Waals surface area contributed by atoms with Gasteiger partial charge in [-0.25, -0.2) is 4.79 Å². The first kappa shape index (κ1) is 12.9. The fourth-order valence-electron chi connectivity index (χ4n) is 1.56. The summed E-state index contributed by atoms with van der Waals surface area (Å²) >= 11 is 1.26. The van der Waals surface area contributed by atoms with Gasteiger partial charge in [-0.3, -0.25) is 10.1 Å². The van der Waals surface area contributed by atoms with Crippen molar-refractivity contribution in [3.63, 3.8) is 0 Å². The van der Waals surface area contributed by atoms with Crippen molar-refractivity contribution >= 4 is 23.7 Å². The molecule has 0 spiro atoms. The van der Waals surface area contributed by atoms with Crippen molar-refractivity contribution in [1.29, 1.82) is 0 Å². The second kappa shape index (κ2) is 4.97. The van der Waals surface area contributed by atoms with Gasteiger partial charge in [0.25, 0.3) is 0 Å². The predicted molar refractivity (Wildman–Crippen MR) is 66.0 cm³/mol. The molecule has 0 saturated heterocycles. The highest BCUT2D eigenvalue weighted by Gasteiger charge is 2.30. The summed E-state index contributed by atoms with van der Waals surface area (Å²) in [7, 11) is 1.88. The van der Waals surface area contributed by atoms with Crippen molar-refractivity contribution in [2.45, 2.75) is 36.1 Å². The molecule has 3 amide bonds. The number of amides is 3. The number of nitrogens with one attached hydrogen (secondary N) is 1. The largest absolute Gasteiger partial charge is 0.351 e. The normalized spacial score (nSPS) is 16.3. The molecule has 1 atom stereocenters. The lowest BCUT2D eigenvalue weighted by Gasteiger charge is -2.09. The number of carbonyl (C=O) groups is 2. The first-order valence-corrected chi connectivity index (χ1v) is 6.53. The quantitative estimate of drug-likeness (QED) is 0.769. The Morgan fingerprint density at radius 1 is 1.50 bits per heavy atom. The molecule has 0 aromatic carbocycles. The third-order valence-corrected chi connectivity index (χ3v) is 3.84. The van der Waals surface area contributed by atoms with Crippen LogP contribution < -0.4 is 11.1 Å². The third-order valence-electron chi connectivity index (χ3n) is 2.71. The van der Waals surface area contributed by atoms with Gasteiger partial charge < -0.3 is 10.3 Å². The minimum Gasteiger partial charge on any atom is -0.351 e. The van der Waals surface area contributed by atoms with Gasteiger partial charge >= 0.3 is 6.03 Å². The van der Waals surface area contributed by atoms with Gasteiger partial charge in [0.1, 0.15) is 5.82 Å². The van der Waals surface area contributed by atoms with E-state index in [9.17, 15) is 9.59 Å². The average Bonchev–Trinajstić information content (AvgIpc) is 3.05. The number of nitrogens with two attached hydrogens (primary N) is 1. The number of hydrogen-bond acceptors (Lipinski definition) is 5. The summed E-state index contributed by atoms with van der Waals surface area (Å²) in [5.41, 5.74) is 4.89. The molecule has 1 aromatic rings. The standard InChI is InChI=1S/C10H15N5O2S/c1-5(8(16)12-9(11)17)18-10-14-13-7(15(10)2)6-3-4-6/h5-6H,3-4H2,1-2H3,(H3,11,12,16,17)/t5-/m0/s1. The van der Waals surface area contributed by atoms with Gasteiger partial charge in [0.05, 0.1) is 5.25 Å². The SMILES string of the molecule is C[C@H](Sc1nnc(C2CC2)n1C)C(=O)NC(N)=O. The Morgan fingerprint density at radius 3 is 2.72 bits per heavy atom. The van der Waals surface area contributed by atoms with Crippen molar-refractivity contribution in [2.24, 2.45) is 12.8 Å². The number of carbonyl (C=O) groups excluding carboxylic acids is 2. The second-order valence-corrected chi connectivity index (χ2v) is 5.60. The van der Waals surface area contributed by atoms with Crippen molar-refractivity contribution in [1.82, 2.24) is 20.1 Å². The fourth-order valence-corrected chi connectivity index (χ4v) is 2.38. The van der Waals surface area contributed by atoms with Crippen molar-refractivity contribution in [2.75, 3.05) is 0 Å². The van der Waals surface area contributed by atoms with Gasteiger partial charge in [-0.05, 0) is 19.8 Å². The first-order chi connectivity index (χ1) is 8.49. The molecule has 3 N–H and O–H groups in total. The number of nitrogens with zero attached hydrogens (tertiary/aromatic N) is 3. The van der Waals surface area contributed by atoms with Crippen LogP contribution in [0, 0.1) is 0 Å². The Balaban J connectivity index is 2.00. The van der Waals surface area contributed by atoms with E-state index in [1.807, 2.05) is 16.9 Å². The van der Waals surface area contributed by atoms with Crippen LogP contribution in [-0.4, -0.2) is 32.0 Å². The van der Waals surface area contributed by atoms with E-state index in [0.717, 1.165) is 18.7 Å². The van der Waals surface area contributed by atoms with E-state index in [0.29, 0.717) is 11.1 Å². The Labute approximate surface area is 109 Å². The third kappa shape index (κ3) is 2.81. The zero-order valence-electron chi connectivity index (χ0n) is 10.2. The maximum absolute atomic E-state index is 11.5. The Hall–Kier alpha value is -1.57. The van der Waals surface area contributed by atoms with Gasteiger partial charge in [0.15, 0.2) is 5.16 Å². The first-order valence-electron chi connectivity index (χ1n) is 5.65. The lowest BCUT2D eigenvalue weighted by molar-refractivity contribution is -0.119. The monoisotopic (exact) mass is 269 g/mol. The van der Waals surface area contributed by atoms with Crippen LogP contribution in [0.3, 0.4) is 0 Å². The van der Waals surface area contributed by atoms with E-state index < -0.39 is 17.2 Å². The van der Waals surface area contributed by atoms with Crippen LogP contribution in [0.25, 0.3) is 0 Å². The molecule has 1 saturated carbocycles. The highest BCUT2D eigenvalue weighted by atomic mass is 32.2. The summed E-state index contributed by atoms with van der Waals surface area (Å²) in [4.78, 5) is 22.1. The fraction of sp³-hybridized carbons (Fsp3) is 0.600. The highest BCUT2D eigenvalue weighted by molar-refractivity contribution is 8.00. The van der Waals surface area contributed by atoms with Crippen LogP contribution in [0.2, 0.25) is 0 Å². The van der Waals surface area contributed by atoms with E-state index in [-0.39, 0.29) is 0 Å². The molecule has 1 fully saturated rings. The molecule has 0 aliphatic heterocycles. The smallest absolute Gasteiger partial charge is 0.318 e. The van der Waals surface area contributed by atoms with Gasteiger partial charge in [-0.1, -0.05) is 11.8 Å². The molecule has 7 nitrogen and oxygen atoms in total. The molecular weight excluding hydrogens is 254 g/mol. The number of aromatic nitrogens is 3. The molecule has 1 aromatic heterocycles. The maximum Gasteiger partial charge on any atom is 0.318 e. The number of primary amides is 1. The second-order valence-electron chi connectivity index (χ2n) is 4.29. The van der Waals surface area contributed by atoms with E-state index in [1.165, 1.54) is 11.8 Å². The molecule has 1 aliphatic carbocycles. The molecule has 1 heterocycles. The van der Waals surface area contributed by atoms with E-state index in [1.54, 1.807) is 6.92 Å². The van der Waals surface area contributed by atoms with Gasteiger partial charge in [0, 0.05) is 13.0 Å². The summed E-state index contributed by atoms with van der Waals surface area (Å²) in [6.07, 6.45) is 2.29. The van der Waals surface area contributed by atoms with E-state index >= 15 is 0 Å². The zero-order valence-corrected chi connectivity index (χ0v) is 11.0. The van der Waals surface area contributed by atoms with Crippen LogP contribution in [-0.2, 0) is 11.8 Å². The summed E-state index contributed by atoms with van der Waals surface area (Å²) in [6.45, 7) is 1.69. The van der Waals surface area contributed by atoms with Crippen LogP contribution in [0.5, 0.6) is 0 Å². The molecule has 0 unspecified atom stereocenters. The summed E-state index contributed by atoms with van der Waals surface area (Å²) < 4.78 is 1.90. The Kier molecular flexibility index (Phi) is 3.55. The Morgan fingerprint density at radius 2 is 2.17 bits per heavy atom. The van der Waals surface area contributed by atoms with E-state index in [2.05, 4.69) is 10.2 Å². The molecule has 0 radical (unpaired) electrons. The van der Waals surface area contributed by atoms with E-state index in [4.69, 9.17) is 5.73 Å². The van der Waals surface area contributed by atoms with Crippen LogP contribution >= 0.6 is 11.8 Å². The zero-order chi connectivity index (χ0) is 13.3. The molecule has 2 rings (SSSR count). The summed E-state index contributed by atoms with van der Waals surface area (Å²) in [5, 5.41) is 10.4. The molecular formula is C10H15N5O2S. The minimum atomic E-state index is -0.843. The summed E-state index contributed by atoms with van der Waals surface area (Å²) in [6, 6.07) is -0.843. The van der Waals surface area contributed by atoms with Crippen molar-refractivity contribution in [3.05, 3.63) is 5.82 Å². The summed E-state index contributed by atoms with van der Waals surface area (Å²) in [5.74, 6) is 1.04. The number of thioether (sulfide) groups is 1. The predicted octanol–water partition coefficient (Wildman–Crippen LogP) is 0.368. The lowest BCUT2D eigenvalue weighted by Crippen LogP contribution is -2.39. The highest BCUT2D eigenvalue weighted by Crippen LogP contribution is 2.39. The Bertz CT molecular complexity index is 483.